The van der Waals surface area contributed by atoms with Gasteiger partial charge in [-0.2, -0.15) is 5.26 Å². The highest BCUT2D eigenvalue weighted by Crippen LogP contribution is 2.49. The molecular weight excluding hydrogens is 236 g/mol. The fourth-order valence-corrected chi connectivity index (χ4v) is 2.62. The quantitative estimate of drug-likeness (QED) is 0.777. The van der Waals surface area contributed by atoms with Crippen LogP contribution in [0.1, 0.15) is 37.3 Å². The summed E-state index contributed by atoms with van der Waals surface area (Å²) in [5.41, 5.74) is 2.53. The number of hydrogen-bond acceptors (Lipinski definition) is 2. The zero-order valence-electron chi connectivity index (χ0n) is 11.8. The van der Waals surface area contributed by atoms with Crippen LogP contribution in [0.3, 0.4) is 0 Å². The molecule has 0 aromatic heterocycles. The first-order valence-corrected chi connectivity index (χ1v) is 6.79. The highest BCUT2D eigenvalue weighted by molar-refractivity contribution is 5.83. The maximum atomic E-state index is 12.4. The summed E-state index contributed by atoms with van der Waals surface area (Å²) in [5.74, 6) is 0.537. The fraction of sp³-hybridized carbons (Fsp3) is 0.500. The third-order valence-electron chi connectivity index (χ3n) is 3.84. The van der Waals surface area contributed by atoms with E-state index in [9.17, 15) is 4.79 Å². The van der Waals surface area contributed by atoms with Crippen molar-refractivity contribution in [3.63, 3.8) is 0 Å². The monoisotopic (exact) mass is 256 g/mol. The summed E-state index contributed by atoms with van der Waals surface area (Å²) in [5, 5.41) is 8.82. The van der Waals surface area contributed by atoms with Gasteiger partial charge in [0.05, 0.1) is 6.07 Å². The Bertz CT molecular complexity index is 516. The molecule has 19 heavy (non-hydrogen) atoms. The molecule has 1 aliphatic rings. The van der Waals surface area contributed by atoms with Gasteiger partial charge in [0.2, 0.25) is 5.91 Å². The summed E-state index contributed by atoms with van der Waals surface area (Å²) in [6, 6.07) is 10.4. The van der Waals surface area contributed by atoms with Crippen LogP contribution in [0.4, 0.5) is 0 Å². The van der Waals surface area contributed by atoms with Gasteiger partial charge < -0.3 is 4.90 Å². The van der Waals surface area contributed by atoms with E-state index < -0.39 is 0 Å². The molecule has 1 saturated carbocycles. The van der Waals surface area contributed by atoms with E-state index in [1.54, 1.807) is 4.90 Å². The zero-order valence-corrected chi connectivity index (χ0v) is 11.8. The van der Waals surface area contributed by atoms with E-state index in [4.69, 9.17) is 5.26 Å². The predicted molar refractivity (Wildman–Crippen MR) is 74.5 cm³/mol. The van der Waals surface area contributed by atoms with Gasteiger partial charge in [-0.15, -0.1) is 0 Å². The molecule has 1 fully saturated rings. The van der Waals surface area contributed by atoms with Crippen molar-refractivity contribution < 1.29 is 4.79 Å². The molecule has 0 spiro atoms. The highest BCUT2D eigenvalue weighted by atomic mass is 16.2. The smallest absolute Gasteiger partial charge is 0.227 e. The first-order chi connectivity index (χ1) is 9.06. The van der Waals surface area contributed by atoms with E-state index in [1.165, 1.54) is 11.1 Å². The molecule has 3 nitrogen and oxygen atoms in total. The number of nitrogens with zero attached hydrogens (tertiary/aromatic N) is 2. The molecule has 3 heteroatoms. The average Bonchev–Trinajstić information content (AvgIpc) is 3.15. The summed E-state index contributed by atoms with van der Waals surface area (Å²) >= 11 is 0. The third-order valence-corrected chi connectivity index (χ3v) is 3.84. The third kappa shape index (κ3) is 2.78. The van der Waals surface area contributed by atoms with Crippen molar-refractivity contribution in [3.8, 4) is 6.07 Å². The Kier molecular flexibility index (Phi) is 3.90. The molecule has 1 aromatic carbocycles. The van der Waals surface area contributed by atoms with Crippen LogP contribution in [0.2, 0.25) is 0 Å². The molecule has 2 rings (SSSR count). The number of rotatable bonds is 4. The van der Waals surface area contributed by atoms with Crippen LogP contribution in [0.15, 0.2) is 24.3 Å². The van der Waals surface area contributed by atoms with Crippen molar-refractivity contribution in [2.75, 3.05) is 6.54 Å². The highest BCUT2D eigenvalue weighted by Gasteiger charge is 2.46. The van der Waals surface area contributed by atoms with E-state index in [1.807, 2.05) is 26.0 Å². The van der Waals surface area contributed by atoms with Gasteiger partial charge in [0.15, 0.2) is 0 Å². The van der Waals surface area contributed by atoms with Crippen LogP contribution >= 0.6 is 0 Å². The van der Waals surface area contributed by atoms with Gasteiger partial charge in [-0.1, -0.05) is 24.3 Å². The Morgan fingerprint density at radius 3 is 2.74 bits per heavy atom. The fourth-order valence-electron chi connectivity index (χ4n) is 2.62. The standard InChI is InChI=1S/C16H20N2O/c1-11(2)18(9-8-17)16(19)15-10-14(15)13-7-5-4-6-12(13)3/h4-7,11,14-15H,9-10H2,1-3H3/t14-,15-/m1/s1. The second-order valence-electron chi connectivity index (χ2n) is 5.52. The van der Waals surface area contributed by atoms with Crippen molar-refractivity contribution in [1.29, 1.82) is 5.26 Å². The number of aryl methyl sites for hydroxylation is 1. The molecular formula is C16H20N2O. The molecule has 1 amide bonds. The normalized spacial score (nSPS) is 21.0. The molecule has 0 bridgehead atoms. The van der Waals surface area contributed by atoms with Crippen molar-refractivity contribution in [1.82, 2.24) is 4.90 Å². The molecule has 0 saturated heterocycles. The molecule has 1 aliphatic carbocycles. The lowest BCUT2D eigenvalue weighted by molar-refractivity contribution is -0.133. The first-order valence-electron chi connectivity index (χ1n) is 6.79. The summed E-state index contributed by atoms with van der Waals surface area (Å²) in [6.45, 7) is 6.19. The van der Waals surface area contributed by atoms with Crippen LogP contribution in [0.25, 0.3) is 0 Å². The maximum Gasteiger partial charge on any atom is 0.227 e. The minimum atomic E-state index is 0.0665. The summed E-state index contributed by atoms with van der Waals surface area (Å²) in [6.07, 6.45) is 0.915. The Labute approximate surface area is 114 Å². The number of nitriles is 1. The lowest BCUT2D eigenvalue weighted by Gasteiger charge is -2.24. The van der Waals surface area contributed by atoms with E-state index in [0.717, 1.165) is 6.42 Å². The van der Waals surface area contributed by atoms with Crippen LogP contribution in [0.5, 0.6) is 0 Å². The molecule has 1 aromatic rings. The van der Waals surface area contributed by atoms with Crippen molar-refractivity contribution in [2.45, 2.75) is 39.2 Å². The Morgan fingerprint density at radius 2 is 2.16 bits per heavy atom. The van der Waals surface area contributed by atoms with Gasteiger partial charge >= 0.3 is 0 Å². The molecule has 0 aliphatic heterocycles. The van der Waals surface area contributed by atoms with Gasteiger partial charge in [0, 0.05) is 12.0 Å². The van der Waals surface area contributed by atoms with Gasteiger partial charge in [0.1, 0.15) is 6.54 Å². The summed E-state index contributed by atoms with van der Waals surface area (Å²) in [4.78, 5) is 14.1. The number of amides is 1. The van der Waals surface area contributed by atoms with Crippen molar-refractivity contribution >= 4 is 5.91 Å². The summed E-state index contributed by atoms with van der Waals surface area (Å²) in [7, 11) is 0. The van der Waals surface area contributed by atoms with Gasteiger partial charge in [0.25, 0.3) is 0 Å². The molecule has 0 N–H and O–H groups in total. The first kappa shape index (κ1) is 13.6. The molecule has 0 heterocycles. The van der Waals surface area contributed by atoms with E-state index >= 15 is 0 Å². The van der Waals surface area contributed by atoms with E-state index in [-0.39, 0.29) is 24.4 Å². The van der Waals surface area contributed by atoms with E-state index in [2.05, 4.69) is 25.1 Å². The largest absolute Gasteiger partial charge is 0.327 e. The number of carbonyl (C=O) groups is 1. The second kappa shape index (κ2) is 5.44. The predicted octanol–water partition coefficient (Wildman–Crippen LogP) is 2.86. The van der Waals surface area contributed by atoms with Crippen LogP contribution in [-0.2, 0) is 4.79 Å². The SMILES string of the molecule is Cc1ccccc1[C@H]1C[C@H]1C(=O)N(CC#N)C(C)C. The van der Waals surface area contributed by atoms with Crippen LogP contribution < -0.4 is 0 Å². The second-order valence-corrected chi connectivity index (χ2v) is 5.52. The molecule has 0 unspecified atom stereocenters. The minimum absolute atomic E-state index is 0.0665. The van der Waals surface area contributed by atoms with E-state index in [0.29, 0.717) is 5.92 Å². The minimum Gasteiger partial charge on any atom is -0.327 e. The van der Waals surface area contributed by atoms with Gasteiger partial charge in [-0.3, -0.25) is 4.79 Å². The Balaban J connectivity index is 2.08. The topological polar surface area (TPSA) is 44.1 Å². The van der Waals surface area contributed by atoms with Crippen molar-refractivity contribution in [3.05, 3.63) is 35.4 Å². The molecule has 100 valence electrons. The maximum absolute atomic E-state index is 12.4. The molecule has 0 radical (unpaired) electrons. The zero-order chi connectivity index (χ0) is 14.0. The molecule has 2 atom stereocenters. The van der Waals surface area contributed by atoms with Crippen LogP contribution in [0, 0.1) is 24.2 Å². The lowest BCUT2D eigenvalue weighted by atomic mass is 10.0. The number of benzene rings is 1. The number of carbonyl (C=O) groups excluding carboxylic acids is 1. The van der Waals surface area contributed by atoms with Gasteiger partial charge in [-0.05, 0) is 44.2 Å². The Morgan fingerprint density at radius 1 is 1.47 bits per heavy atom. The van der Waals surface area contributed by atoms with Crippen LogP contribution in [-0.4, -0.2) is 23.4 Å². The Hall–Kier alpha value is -1.82. The average molecular weight is 256 g/mol. The summed E-state index contributed by atoms with van der Waals surface area (Å²) < 4.78 is 0. The van der Waals surface area contributed by atoms with Crippen molar-refractivity contribution in [2.24, 2.45) is 5.92 Å². The lowest BCUT2D eigenvalue weighted by Crippen LogP contribution is -2.38. The number of hydrogen-bond donors (Lipinski definition) is 0. The van der Waals surface area contributed by atoms with Gasteiger partial charge in [-0.25, -0.2) is 0 Å².